The van der Waals surface area contributed by atoms with Gasteiger partial charge in [-0.3, -0.25) is 4.79 Å². The lowest BCUT2D eigenvalue weighted by Crippen LogP contribution is -2.48. The molecule has 0 unspecified atom stereocenters. The van der Waals surface area contributed by atoms with Crippen LogP contribution in [0.25, 0.3) is 32.8 Å². The first-order valence-corrected chi connectivity index (χ1v) is 12.4. The van der Waals surface area contributed by atoms with Crippen LogP contribution in [0.15, 0.2) is 54.6 Å². The van der Waals surface area contributed by atoms with Crippen LogP contribution in [0, 0.1) is 5.82 Å². The molecule has 0 bridgehead atoms. The second kappa shape index (κ2) is 9.86. The Morgan fingerprint density at radius 3 is 2.51 bits per heavy atom. The predicted octanol–water partition coefficient (Wildman–Crippen LogP) is 5.24. The Kier molecular flexibility index (Phi) is 6.60. The van der Waals surface area contributed by atoms with Gasteiger partial charge in [0.2, 0.25) is 11.9 Å². The minimum Gasteiger partial charge on any atom is -0.508 e. The Labute approximate surface area is 219 Å². The van der Waals surface area contributed by atoms with Crippen molar-refractivity contribution in [3.63, 3.8) is 0 Å². The zero-order valence-corrected chi connectivity index (χ0v) is 21.6. The van der Waals surface area contributed by atoms with E-state index in [0.29, 0.717) is 48.9 Å². The molecular formula is C28H27ClFN5O2. The van der Waals surface area contributed by atoms with Crippen LogP contribution in [-0.2, 0) is 4.79 Å². The summed E-state index contributed by atoms with van der Waals surface area (Å²) in [6.07, 6.45) is 3.29. The topological polar surface area (TPSA) is 72.8 Å². The number of allylic oxidation sites excluding steroid dienone is 1. The average molecular weight is 520 g/mol. The molecule has 0 spiro atoms. The molecule has 7 nitrogen and oxygen atoms in total. The second-order valence-corrected chi connectivity index (χ2v) is 9.62. The van der Waals surface area contributed by atoms with Gasteiger partial charge in [0.05, 0.1) is 5.02 Å². The number of amides is 1. The normalized spacial score (nSPS) is 14.2. The van der Waals surface area contributed by atoms with Crippen molar-refractivity contribution >= 4 is 50.9 Å². The van der Waals surface area contributed by atoms with E-state index in [9.17, 15) is 9.90 Å². The highest BCUT2D eigenvalue weighted by atomic mass is 35.5. The Balaban J connectivity index is 1.67. The van der Waals surface area contributed by atoms with E-state index >= 15 is 4.39 Å². The maximum atomic E-state index is 16.4. The number of fused-ring (bicyclic) bond motifs is 2. The fourth-order valence-corrected chi connectivity index (χ4v) is 5.04. The minimum atomic E-state index is -0.577. The van der Waals surface area contributed by atoms with Gasteiger partial charge in [0.1, 0.15) is 17.1 Å². The summed E-state index contributed by atoms with van der Waals surface area (Å²) in [5.74, 6) is 0.349. The maximum absolute atomic E-state index is 16.4. The molecule has 1 N–H and O–H groups in total. The summed E-state index contributed by atoms with van der Waals surface area (Å²) >= 11 is 6.74. The largest absolute Gasteiger partial charge is 0.508 e. The molecular weight excluding hydrogens is 493 g/mol. The van der Waals surface area contributed by atoms with E-state index in [4.69, 9.17) is 16.6 Å². The smallest absolute Gasteiger partial charge is 0.246 e. The number of carbonyl (C=O) groups excluding carboxylic acids is 1. The molecule has 1 aromatic heterocycles. The summed E-state index contributed by atoms with van der Waals surface area (Å²) < 4.78 is 16.4. The van der Waals surface area contributed by atoms with Gasteiger partial charge in [-0.1, -0.05) is 41.9 Å². The van der Waals surface area contributed by atoms with Crippen LogP contribution in [-0.4, -0.2) is 66.2 Å². The molecule has 9 heteroatoms. The molecule has 2 heterocycles. The molecule has 0 aliphatic carbocycles. The molecule has 0 radical (unpaired) electrons. The van der Waals surface area contributed by atoms with Crippen LogP contribution in [0.3, 0.4) is 0 Å². The number of carbonyl (C=O) groups is 1. The number of rotatable bonds is 4. The number of benzene rings is 3. The fraction of sp³-hybridized carbons (Fsp3) is 0.250. The van der Waals surface area contributed by atoms with Crippen LogP contribution in [0.2, 0.25) is 5.02 Å². The molecule has 0 atom stereocenters. The molecule has 1 aliphatic heterocycles. The lowest BCUT2D eigenvalue weighted by atomic mass is 9.96. The molecule has 1 saturated heterocycles. The van der Waals surface area contributed by atoms with E-state index in [0.717, 1.165) is 10.8 Å². The Bertz CT molecular complexity index is 1550. The molecule has 5 rings (SSSR count). The number of hydrogen-bond acceptors (Lipinski definition) is 6. The van der Waals surface area contributed by atoms with Crippen LogP contribution in [0.4, 0.5) is 16.2 Å². The third-order valence-electron chi connectivity index (χ3n) is 6.57. The highest BCUT2D eigenvalue weighted by Gasteiger charge is 2.26. The van der Waals surface area contributed by atoms with E-state index in [1.54, 1.807) is 48.2 Å². The Morgan fingerprint density at radius 2 is 1.81 bits per heavy atom. The van der Waals surface area contributed by atoms with Crippen molar-refractivity contribution in [2.45, 2.75) is 6.92 Å². The van der Waals surface area contributed by atoms with E-state index in [1.807, 2.05) is 36.1 Å². The zero-order valence-electron chi connectivity index (χ0n) is 20.9. The van der Waals surface area contributed by atoms with Gasteiger partial charge < -0.3 is 19.8 Å². The van der Waals surface area contributed by atoms with Gasteiger partial charge in [0, 0.05) is 51.2 Å². The number of aromatic hydroxyl groups is 1. The van der Waals surface area contributed by atoms with Gasteiger partial charge in [-0.05, 0) is 47.5 Å². The quantitative estimate of drug-likeness (QED) is 0.372. The van der Waals surface area contributed by atoms with E-state index < -0.39 is 5.82 Å². The standard InChI is InChI=1S/C28H27ClFN5O2/c1-4-7-23(37)34-10-12-35(13-11-34)27-21-16-22(29)24(25(30)26(21)31-28(32-27)33(2)3)20-15-18(36)14-17-8-5-6-9-19(17)20/h4-9,14-16,36H,10-13H2,1-3H3/b7-4+. The fourth-order valence-electron chi connectivity index (χ4n) is 4.74. The SMILES string of the molecule is C/C=C/C(=O)N1CCN(c2nc(N(C)C)nc3c(F)c(-c4cc(O)cc5ccccc45)c(Cl)cc23)CC1. The zero-order chi connectivity index (χ0) is 26.3. The van der Waals surface area contributed by atoms with Gasteiger partial charge >= 0.3 is 0 Å². The summed E-state index contributed by atoms with van der Waals surface area (Å²) in [5, 5.41) is 12.6. The third-order valence-corrected chi connectivity index (χ3v) is 6.87. The predicted molar refractivity (Wildman–Crippen MR) is 147 cm³/mol. The minimum absolute atomic E-state index is 0.0203. The monoisotopic (exact) mass is 519 g/mol. The average Bonchev–Trinajstić information content (AvgIpc) is 2.88. The lowest BCUT2D eigenvalue weighted by molar-refractivity contribution is -0.126. The maximum Gasteiger partial charge on any atom is 0.246 e. The van der Waals surface area contributed by atoms with Crippen molar-refractivity contribution in [3.8, 4) is 16.9 Å². The van der Waals surface area contributed by atoms with E-state index in [2.05, 4.69) is 4.98 Å². The Hall–Kier alpha value is -3.91. The molecule has 0 saturated carbocycles. The molecule has 1 aliphatic rings. The number of halogens is 2. The summed E-state index contributed by atoms with van der Waals surface area (Å²) in [6.45, 7) is 3.95. The lowest BCUT2D eigenvalue weighted by Gasteiger charge is -2.35. The van der Waals surface area contributed by atoms with E-state index in [-0.39, 0.29) is 27.8 Å². The molecule has 1 amide bonds. The van der Waals surface area contributed by atoms with Crippen LogP contribution in [0.5, 0.6) is 5.75 Å². The van der Waals surface area contributed by atoms with Crippen molar-refractivity contribution < 1.29 is 14.3 Å². The number of nitrogens with zero attached hydrogens (tertiary/aromatic N) is 5. The van der Waals surface area contributed by atoms with Crippen LogP contribution >= 0.6 is 11.6 Å². The highest BCUT2D eigenvalue weighted by molar-refractivity contribution is 6.35. The van der Waals surface area contributed by atoms with Gasteiger partial charge in [0.15, 0.2) is 5.82 Å². The summed E-state index contributed by atoms with van der Waals surface area (Å²) in [4.78, 5) is 27.1. The highest BCUT2D eigenvalue weighted by Crippen LogP contribution is 2.42. The number of anilines is 2. The summed E-state index contributed by atoms with van der Waals surface area (Å²) in [7, 11) is 3.60. The number of aromatic nitrogens is 2. The summed E-state index contributed by atoms with van der Waals surface area (Å²) in [6, 6.07) is 12.3. The van der Waals surface area contributed by atoms with Crippen LogP contribution in [0.1, 0.15) is 6.92 Å². The van der Waals surface area contributed by atoms with Gasteiger partial charge in [0.25, 0.3) is 0 Å². The molecule has 190 valence electrons. The van der Waals surface area contributed by atoms with Gasteiger partial charge in [-0.25, -0.2) is 9.37 Å². The third kappa shape index (κ3) is 4.53. The van der Waals surface area contributed by atoms with Crippen molar-refractivity contribution in [3.05, 3.63) is 65.5 Å². The van der Waals surface area contributed by atoms with Gasteiger partial charge in [-0.15, -0.1) is 0 Å². The molecule has 1 fully saturated rings. The van der Waals surface area contributed by atoms with Crippen molar-refractivity contribution in [2.24, 2.45) is 0 Å². The van der Waals surface area contributed by atoms with Gasteiger partial charge in [-0.2, -0.15) is 4.98 Å². The first kappa shape index (κ1) is 24.8. The van der Waals surface area contributed by atoms with Crippen molar-refractivity contribution in [1.29, 1.82) is 0 Å². The second-order valence-electron chi connectivity index (χ2n) is 9.21. The first-order valence-electron chi connectivity index (χ1n) is 12.0. The van der Waals surface area contributed by atoms with Crippen LogP contribution < -0.4 is 9.80 Å². The van der Waals surface area contributed by atoms with Crippen molar-refractivity contribution in [1.82, 2.24) is 14.9 Å². The number of phenolic OH excluding ortho intramolecular Hbond substituents is 1. The molecule has 37 heavy (non-hydrogen) atoms. The first-order chi connectivity index (χ1) is 17.8. The summed E-state index contributed by atoms with van der Waals surface area (Å²) in [5.41, 5.74) is 0.813. The number of hydrogen-bond donors (Lipinski definition) is 1. The number of phenols is 1. The Morgan fingerprint density at radius 1 is 1.08 bits per heavy atom. The molecule has 4 aromatic rings. The number of piperazine rings is 1. The molecule has 3 aromatic carbocycles. The van der Waals surface area contributed by atoms with E-state index in [1.165, 1.54) is 6.07 Å². The van der Waals surface area contributed by atoms with Crippen molar-refractivity contribution in [2.75, 3.05) is 50.1 Å².